The summed E-state index contributed by atoms with van der Waals surface area (Å²) in [6.45, 7) is 1.39. The van der Waals surface area contributed by atoms with Crippen molar-refractivity contribution in [3.05, 3.63) is 23.8 Å². The maximum atomic E-state index is 12.1. The standard InChI is InChI=1S/C13H15N3O2S/c14-13-16-10-4-3-8(6-11(10)19-13)12(17)15-9-2-1-5-18-7-9/h3-4,6,9H,1-2,5,7H2,(H2,14,16)(H,15,17). The molecule has 0 spiro atoms. The monoisotopic (exact) mass is 277 g/mol. The predicted molar refractivity (Wildman–Crippen MR) is 75.3 cm³/mol. The molecule has 3 rings (SSSR count). The molecule has 0 bridgehead atoms. The normalized spacial score (nSPS) is 19.5. The minimum absolute atomic E-state index is 0.0654. The highest BCUT2D eigenvalue weighted by Gasteiger charge is 2.17. The van der Waals surface area contributed by atoms with Gasteiger partial charge in [-0.05, 0) is 31.0 Å². The number of carbonyl (C=O) groups is 1. The van der Waals surface area contributed by atoms with Gasteiger partial charge in [-0.15, -0.1) is 0 Å². The van der Waals surface area contributed by atoms with Crippen LogP contribution < -0.4 is 11.1 Å². The van der Waals surface area contributed by atoms with Crippen LogP contribution in [-0.4, -0.2) is 30.1 Å². The van der Waals surface area contributed by atoms with Crippen molar-refractivity contribution in [3.8, 4) is 0 Å². The first-order valence-electron chi connectivity index (χ1n) is 6.27. The molecule has 3 N–H and O–H groups in total. The van der Waals surface area contributed by atoms with Gasteiger partial charge < -0.3 is 15.8 Å². The van der Waals surface area contributed by atoms with E-state index in [0.29, 0.717) is 17.3 Å². The van der Waals surface area contributed by atoms with Crippen molar-refractivity contribution in [2.45, 2.75) is 18.9 Å². The molecule has 2 heterocycles. The number of nitrogens with zero attached hydrogens (tertiary/aromatic N) is 1. The zero-order chi connectivity index (χ0) is 13.2. The fourth-order valence-electron chi connectivity index (χ4n) is 2.21. The molecule has 1 atom stereocenters. The summed E-state index contributed by atoms with van der Waals surface area (Å²) in [5.74, 6) is -0.0654. The Morgan fingerprint density at radius 1 is 1.53 bits per heavy atom. The van der Waals surface area contributed by atoms with Gasteiger partial charge in [0.25, 0.3) is 5.91 Å². The lowest BCUT2D eigenvalue weighted by atomic mass is 10.1. The molecule has 1 aliphatic rings. The highest BCUT2D eigenvalue weighted by molar-refractivity contribution is 7.22. The van der Waals surface area contributed by atoms with Crippen LogP contribution >= 0.6 is 11.3 Å². The van der Waals surface area contributed by atoms with E-state index in [1.165, 1.54) is 11.3 Å². The third-order valence-corrected chi connectivity index (χ3v) is 4.01. The molecular formula is C13H15N3O2S. The molecule has 1 aromatic heterocycles. The predicted octanol–water partition coefficient (Wildman–Crippen LogP) is 1.79. The molecule has 2 aromatic rings. The average molecular weight is 277 g/mol. The number of anilines is 1. The number of nitrogens with one attached hydrogen (secondary N) is 1. The maximum Gasteiger partial charge on any atom is 0.251 e. The number of benzene rings is 1. The first kappa shape index (κ1) is 12.4. The molecule has 1 aliphatic heterocycles. The van der Waals surface area contributed by atoms with E-state index in [1.807, 2.05) is 12.1 Å². The lowest BCUT2D eigenvalue weighted by molar-refractivity contribution is 0.0624. The van der Waals surface area contributed by atoms with E-state index in [4.69, 9.17) is 10.5 Å². The van der Waals surface area contributed by atoms with Crippen LogP contribution in [0.4, 0.5) is 5.13 Å². The molecule has 1 aromatic carbocycles. The number of rotatable bonds is 2. The van der Waals surface area contributed by atoms with Gasteiger partial charge in [0.1, 0.15) is 0 Å². The maximum absolute atomic E-state index is 12.1. The summed E-state index contributed by atoms with van der Waals surface area (Å²) in [6, 6.07) is 5.56. The van der Waals surface area contributed by atoms with E-state index in [1.54, 1.807) is 6.07 Å². The zero-order valence-electron chi connectivity index (χ0n) is 10.4. The SMILES string of the molecule is Nc1nc2ccc(C(=O)NC3CCCOC3)cc2s1. The summed E-state index contributed by atoms with van der Waals surface area (Å²) in [5.41, 5.74) is 7.13. The summed E-state index contributed by atoms with van der Waals surface area (Å²) >= 11 is 1.39. The van der Waals surface area contributed by atoms with Crippen molar-refractivity contribution in [1.82, 2.24) is 10.3 Å². The van der Waals surface area contributed by atoms with Crippen molar-refractivity contribution in [2.24, 2.45) is 0 Å². The van der Waals surface area contributed by atoms with Crippen LogP contribution in [0, 0.1) is 0 Å². The van der Waals surface area contributed by atoms with Crippen LogP contribution in [0.1, 0.15) is 23.2 Å². The highest BCUT2D eigenvalue weighted by Crippen LogP contribution is 2.24. The largest absolute Gasteiger partial charge is 0.379 e. The summed E-state index contributed by atoms with van der Waals surface area (Å²) in [4.78, 5) is 16.3. The quantitative estimate of drug-likeness (QED) is 0.877. The van der Waals surface area contributed by atoms with E-state index in [0.717, 1.165) is 29.7 Å². The van der Waals surface area contributed by atoms with Crippen LogP contribution in [0.2, 0.25) is 0 Å². The van der Waals surface area contributed by atoms with Crippen LogP contribution in [0.5, 0.6) is 0 Å². The Hall–Kier alpha value is -1.66. The Kier molecular flexibility index (Phi) is 3.35. The first-order valence-corrected chi connectivity index (χ1v) is 7.09. The number of amides is 1. The molecule has 0 saturated carbocycles. The van der Waals surface area contributed by atoms with Gasteiger partial charge in [0, 0.05) is 12.2 Å². The Bertz CT molecular complexity index is 605. The van der Waals surface area contributed by atoms with Crippen LogP contribution in [0.25, 0.3) is 10.2 Å². The molecule has 5 nitrogen and oxygen atoms in total. The third kappa shape index (κ3) is 2.69. The van der Waals surface area contributed by atoms with Gasteiger partial charge in [-0.2, -0.15) is 0 Å². The van der Waals surface area contributed by atoms with Crippen molar-refractivity contribution < 1.29 is 9.53 Å². The number of thiazole rings is 1. The number of hydrogen-bond acceptors (Lipinski definition) is 5. The fourth-order valence-corrected chi connectivity index (χ4v) is 2.98. The van der Waals surface area contributed by atoms with E-state index < -0.39 is 0 Å². The number of aromatic nitrogens is 1. The van der Waals surface area contributed by atoms with Gasteiger partial charge in [0.05, 0.1) is 22.9 Å². The van der Waals surface area contributed by atoms with Gasteiger partial charge in [0.2, 0.25) is 0 Å². The van der Waals surface area contributed by atoms with E-state index in [2.05, 4.69) is 10.3 Å². The number of fused-ring (bicyclic) bond motifs is 1. The average Bonchev–Trinajstić information content (AvgIpc) is 2.78. The third-order valence-electron chi connectivity index (χ3n) is 3.16. The number of hydrogen-bond donors (Lipinski definition) is 2. The molecule has 1 fully saturated rings. The number of ether oxygens (including phenoxy) is 1. The fraction of sp³-hybridized carbons (Fsp3) is 0.385. The topological polar surface area (TPSA) is 77.2 Å². The van der Waals surface area contributed by atoms with Gasteiger partial charge in [-0.25, -0.2) is 4.98 Å². The number of carbonyl (C=O) groups excluding carboxylic acids is 1. The Labute approximate surface area is 114 Å². The van der Waals surface area contributed by atoms with Crippen LogP contribution in [0.3, 0.4) is 0 Å². The van der Waals surface area contributed by atoms with Gasteiger partial charge in [-0.1, -0.05) is 11.3 Å². The lowest BCUT2D eigenvalue weighted by Crippen LogP contribution is -2.40. The van der Waals surface area contributed by atoms with Crippen molar-refractivity contribution in [1.29, 1.82) is 0 Å². The summed E-state index contributed by atoms with van der Waals surface area (Å²) in [5, 5.41) is 3.52. The molecule has 1 amide bonds. The minimum atomic E-state index is -0.0654. The van der Waals surface area contributed by atoms with Gasteiger partial charge in [-0.3, -0.25) is 4.79 Å². The summed E-state index contributed by atoms with van der Waals surface area (Å²) < 4.78 is 6.29. The second kappa shape index (κ2) is 5.14. The first-order chi connectivity index (χ1) is 9.22. The molecule has 100 valence electrons. The molecule has 6 heteroatoms. The van der Waals surface area contributed by atoms with E-state index >= 15 is 0 Å². The second-order valence-electron chi connectivity index (χ2n) is 4.62. The Morgan fingerprint density at radius 3 is 3.21 bits per heavy atom. The minimum Gasteiger partial charge on any atom is -0.379 e. The molecule has 0 radical (unpaired) electrons. The zero-order valence-corrected chi connectivity index (χ0v) is 11.2. The highest BCUT2D eigenvalue weighted by atomic mass is 32.1. The molecule has 0 aliphatic carbocycles. The molecule has 1 unspecified atom stereocenters. The molecule has 1 saturated heterocycles. The lowest BCUT2D eigenvalue weighted by Gasteiger charge is -2.23. The Balaban J connectivity index is 1.76. The van der Waals surface area contributed by atoms with E-state index in [-0.39, 0.29) is 11.9 Å². The Morgan fingerprint density at radius 2 is 2.42 bits per heavy atom. The summed E-state index contributed by atoms with van der Waals surface area (Å²) in [6.07, 6.45) is 1.97. The molecule has 19 heavy (non-hydrogen) atoms. The smallest absolute Gasteiger partial charge is 0.251 e. The van der Waals surface area contributed by atoms with E-state index in [9.17, 15) is 4.79 Å². The second-order valence-corrected chi connectivity index (χ2v) is 5.68. The van der Waals surface area contributed by atoms with Crippen molar-refractivity contribution in [2.75, 3.05) is 18.9 Å². The van der Waals surface area contributed by atoms with Crippen molar-refractivity contribution in [3.63, 3.8) is 0 Å². The summed E-state index contributed by atoms with van der Waals surface area (Å²) in [7, 11) is 0. The van der Waals surface area contributed by atoms with Gasteiger partial charge in [0.15, 0.2) is 5.13 Å². The van der Waals surface area contributed by atoms with Gasteiger partial charge >= 0.3 is 0 Å². The number of nitrogen functional groups attached to an aromatic ring is 1. The molecular weight excluding hydrogens is 262 g/mol. The van der Waals surface area contributed by atoms with Crippen LogP contribution in [-0.2, 0) is 4.74 Å². The van der Waals surface area contributed by atoms with Crippen LogP contribution in [0.15, 0.2) is 18.2 Å². The van der Waals surface area contributed by atoms with Crippen molar-refractivity contribution >= 4 is 32.6 Å². The number of nitrogens with two attached hydrogens (primary N) is 1.